The third kappa shape index (κ3) is 4.97. The Morgan fingerprint density at radius 2 is 1.63 bits per heavy atom. The molecular weight excluding hydrogens is 396 g/mol. The van der Waals surface area contributed by atoms with Crippen molar-refractivity contribution in [2.24, 2.45) is 0 Å². The summed E-state index contributed by atoms with van der Waals surface area (Å²) in [5.41, 5.74) is -0.702. The predicted molar refractivity (Wildman–Crippen MR) is 107 cm³/mol. The lowest BCUT2D eigenvalue weighted by molar-refractivity contribution is -0.111. The van der Waals surface area contributed by atoms with Gasteiger partial charge in [0.1, 0.15) is 11.3 Å². The van der Waals surface area contributed by atoms with Gasteiger partial charge in [0.2, 0.25) is 5.43 Å². The van der Waals surface area contributed by atoms with E-state index in [9.17, 15) is 14.4 Å². The lowest BCUT2D eigenvalue weighted by Crippen LogP contribution is -2.31. The van der Waals surface area contributed by atoms with Gasteiger partial charge in [-0.25, -0.2) is 4.79 Å². The summed E-state index contributed by atoms with van der Waals surface area (Å²) in [4.78, 5) is 38.0. The summed E-state index contributed by atoms with van der Waals surface area (Å²) in [7, 11) is 6.76. The average Bonchev–Trinajstić information content (AvgIpc) is 2.77. The normalized spacial score (nSPS) is 10.6. The Balaban J connectivity index is 2.53. The highest BCUT2D eigenvalue weighted by Gasteiger charge is 2.27. The van der Waals surface area contributed by atoms with E-state index in [4.69, 9.17) is 23.7 Å². The van der Waals surface area contributed by atoms with Crippen LogP contribution in [-0.2, 0) is 20.8 Å². The number of nitrogens with zero attached hydrogens (tertiary/aromatic N) is 1. The second-order valence-electron chi connectivity index (χ2n) is 5.98. The molecule has 2 rings (SSSR count). The first-order valence-electron chi connectivity index (χ1n) is 8.80. The predicted octanol–water partition coefficient (Wildman–Crippen LogP) is 1.52. The second-order valence-corrected chi connectivity index (χ2v) is 5.98. The Morgan fingerprint density at radius 1 is 1.00 bits per heavy atom. The number of carbonyl (C=O) groups excluding carboxylic acids is 2. The van der Waals surface area contributed by atoms with Crippen molar-refractivity contribution in [3.63, 3.8) is 0 Å². The fourth-order valence-electron chi connectivity index (χ4n) is 2.72. The van der Waals surface area contributed by atoms with E-state index in [0.29, 0.717) is 11.4 Å². The number of pyridine rings is 1. The van der Waals surface area contributed by atoms with Crippen molar-refractivity contribution < 1.29 is 33.3 Å². The van der Waals surface area contributed by atoms with Crippen LogP contribution in [0, 0.1) is 0 Å². The topological polar surface area (TPSA) is 114 Å². The molecule has 162 valence electrons. The van der Waals surface area contributed by atoms with Crippen LogP contribution < -0.4 is 20.2 Å². The molecule has 10 nitrogen and oxygen atoms in total. The van der Waals surface area contributed by atoms with Crippen LogP contribution in [-0.4, -0.2) is 58.3 Å². The summed E-state index contributed by atoms with van der Waals surface area (Å²) in [6.45, 7) is -0.00309. The van der Waals surface area contributed by atoms with Crippen molar-refractivity contribution in [2.45, 2.75) is 12.8 Å². The van der Waals surface area contributed by atoms with Crippen LogP contribution in [0.4, 0.5) is 5.69 Å². The summed E-state index contributed by atoms with van der Waals surface area (Å²) in [6, 6.07) is 6.58. The molecule has 0 bridgehead atoms. The molecule has 0 saturated carbocycles. The van der Waals surface area contributed by atoms with Gasteiger partial charge in [-0.3, -0.25) is 9.59 Å². The summed E-state index contributed by atoms with van der Waals surface area (Å²) in [6.07, 6.45) is 0.485. The van der Waals surface area contributed by atoms with Gasteiger partial charge in [-0.05, 0) is 24.3 Å². The van der Waals surface area contributed by atoms with Crippen molar-refractivity contribution in [1.82, 2.24) is 4.57 Å². The highest BCUT2D eigenvalue weighted by atomic mass is 16.7. The summed E-state index contributed by atoms with van der Waals surface area (Å²) < 4.78 is 26.7. The van der Waals surface area contributed by atoms with Crippen molar-refractivity contribution in [3.05, 3.63) is 51.9 Å². The second kappa shape index (κ2) is 10.4. The van der Waals surface area contributed by atoms with E-state index < -0.39 is 23.6 Å². The van der Waals surface area contributed by atoms with E-state index in [1.165, 1.54) is 46.3 Å². The van der Waals surface area contributed by atoms with Gasteiger partial charge in [0.15, 0.2) is 17.7 Å². The molecule has 10 heteroatoms. The molecule has 0 atom stereocenters. The van der Waals surface area contributed by atoms with Gasteiger partial charge in [0.05, 0.1) is 27.9 Å². The molecule has 1 heterocycles. The minimum absolute atomic E-state index is 0.00309. The molecule has 0 aliphatic rings. The maximum Gasteiger partial charge on any atom is 0.358 e. The van der Waals surface area contributed by atoms with Crippen LogP contribution in [0.15, 0.2) is 35.3 Å². The van der Waals surface area contributed by atoms with Gasteiger partial charge in [-0.1, -0.05) is 0 Å². The Kier molecular flexibility index (Phi) is 7.96. The Labute approximate surface area is 173 Å². The average molecular weight is 420 g/mol. The molecule has 0 fully saturated rings. The van der Waals surface area contributed by atoms with Crippen LogP contribution in [0.1, 0.15) is 20.8 Å². The lowest BCUT2D eigenvalue weighted by atomic mass is 10.1. The van der Waals surface area contributed by atoms with Gasteiger partial charge in [0.25, 0.3) is 5.91 Å². The van der Waals surface area contributed by atoms with Crippen molar-refractivity contribution in [2.75, 3.05) is 40.9 Å². The molecular formula is C20H24N2O8. The van der Waals surface area contributed by atoms with E-state index in [0.717, 1.165) is 0 Å². The third-order valence-electron chi connectivity index (χ3n) is 4.29. The quantitative estimate of drug-likeness (QED) is 0.480. The standard InChI is InChI=1S/C20H24N2O8/c1-26-13-8-6-12(7-9-13)21-19(24)14-10-22(11-15(27-2)28-3)16(20(25)30-5)18(29-4)17(14)23/h6-10,15H,11H2,1-5H3,(H,21,24). The zero-order chi connectivity index (χ0) is 22.3. The zero-order valence-corrected chi connectivity index (χ0v) is 17.4. The van der Waals surface area contributed by atoms with Gasteiger partial charge in [0, 0.05) is 26.1 Å². The van der Waals surface area contributed by atoms with E-state index >= 15 is 0 Å². The van der Waals surface area contributed by atoms with Gasteiger partial charge in [-0.2, -0.15) is 0 Å². The van der Waals surface area contributed by atoms with Gasteiger partial charge >= 0.3 is 5.97 Å². The van der Waals surface area contributed by atoms with Crippen molar-refractivity contribution in [1.29, 1.82) is 0 Å². The summed E-state index contributed by atoms with van der Waals surface area (Å²) in [5, 5.41) is 2.63. The number of rotatable bonds is 9. The summed E-state index contributed by atoms with van der Waals surface area (Å²) in [5.74, 6) is -1.20. The molecule has 2 aromatic rings. The molecule has 1 N–H and O–H groups in total. The van der Waals surface area contributed by atoms with Crippen molar-refractivity contribution in [3.8, 4) is 11.5 Å². The molecule has 0 spiro atoms. The van der Waals surface area contributed by atoms with Crippen LogP contribution in [0.5, 0.6) is 11.5 Å². The SMILES string of the molecule is COC(=O)c1c(OC)c(=O)c(C(=O)Nc2ccc(OC)cc2)cn1CC(OC)OC. The first kappa shape index (κ1) is 22.9. The maximum atomic E-state index is 12.9. The number of nitrogens with one attached hydrogen (secondary N) is 1. The largest absolute Gasteiger partial charge is 0.497 e. The fraction of sp³-hybridized carbons (Fsp3) is 0.350. The smallest absolute Gasteiger partial charge is 0.358 e. The van der Waals surface area contributed by atoms with Crippen LogP contribution in [0.3, 0.4) is 0 Å². The Morgan fingerprint density at radius 3 is 2.13 bits per heavy atom. The fourth-order valence-corrected chi connectivity index (χ4v) is 2.72. The van der Waals surface area contributed by atoms with Crippen LogP contribution in [0.25, 0.3) is 0 Å². The lowest BCUT2D eigenvalue weighted by Gasteiger charge is -2.20. The number of aromatic nitrogens is 1. The highest BCUT2D eigenvalue weighted by molar-refractivity contribution is 6.05. The van der Waals surface area contributed by atoms with Gasteiger partial charge < -0.3 is 33.6 Å². The molecule has 1 aromatic carbocycles. The van der Waals surface area contributed by atoms with E-state index in [1.807, 2.05) is 0 Å². The molecule has 30 heavy (non-hydrogen) atoms. The number of carbonyl (C=O) groups is 2. The zero-order valence-electron chi connectivity index (χ0n) is 17.4. The number of hydrogen-bond acceptors (Lipinski definition) is 8. The molecule has 0 aliphatic heterocycles. The number of anilines is 1. The summed E-state index contributed by atoms with van der Waals surface area (Å²) >= 11 is 0. The molecule has 1 amide bonds. The molecule has 0 saturated heterocycles. The number of esters is 1. The Hall–Kier alpha value is -3.37. The maximum absolute atomic E-state index is 12.9. The van der Waals surface area contributed by atoms with Crippen LogP contribution >= 0.6 is 0 Å². The molecule has 1 aromatic heterocycles. The van der Waals surface area contributed by atoms with Crippen molar-refractivity contribution >= 4 is 17.6 Å². The number of ether oxygens (including phenoxy) is 5. The number of hydrogen-bond donors (Lipinski definition) is 1. The number of benzene rings is 1. The van der Waals surface area contributed by atoms with E-state index in [-0.39, 0.29) is 23.6 Å². The molecule has 0 aliphatic carbocycles. The van der Waals surface area contributed by atoms with Gasteiger partial charge in [-0.15, -0.1) is 0 Å². The first-order valence-corrected chi connectivity index (χ1v) is 8.80. The Bertz CT molecular complexity index is 949. The molecule has 0 radical (unpaired) electrons. The minimum Gasteiger partial charge on any atom is -0.497 e. The number of amides is 1. The minimum atomic E-state index is -0.808. The first-order chi connectivity index (χ1) is 14.4. The van der Waals surface area contributed by atoms with E-state index in [1.54, 1.807) is 24.3 Å². The van der Waals surface area contributed by atoms with E-state index in [2.05, 4.69) is 5.32 Å². The molecule has 0 unspecified atom stereocenters. The van der Waals surface area contributed by atoms with Crippen LogP contribution in [0.2, 0.25) is 0 Å². The highest BCUT2D eigenvalue weighted by Crippen LogP contribution is 2.19. The number of methoxy groups -OCH3 is 5. The third-order valence-corrected chi connectivity index (χ3v) is 4.29. The monoisotopic (exact) mass is 420 g/mol.